The van der Waals surface area contributed by atoms with Crippen LogP contribution in [0.15, 0.2) is 59.7 Å². The summed E-state index contributed by atoms with van der Waals surface area (Å²) >= 11 is 0. The summed E-state index contributed by atoms with van der Waals surface area (Å²) in [7, 11) is 0. The quantitative estimate of drug-likeness (QED) is 0.0592. The van der Waals surface area contributed by atoms with E-state index in [1.54, 1.807) is 23.1 Å². The van der Waals surface area contributed by atoms with Crippen LogP contribution in [0.5, 0.6) is 5.75 Å². The number of ether oxygens (including phenoxy) is 1. The number of hydrogen-bond donors (Lipinski definition) is 3. The molecule has 5 rings (SSSR count). The van der Waals surface area contributed by atoms with Gasteiger partial charge in [-0.25, -0.2) is 14.2 Å². The lowest BCUT2D eigenvalue weighted by Crippen LogP contribution is -2.36. The summed E-state index contributed by atoms with van der Waals surface area (Å²) in [4.78, 5) is 48.0. The van der Waals surface area contributed by atoms with Gasteiger partial charge in [0.15, 0.2) is 11.6 Å². The van der Waals surface area contributed by atoms with Gasteiger partial charge in [-0.2, -0.15) is 0 Å². The molecule has 0 unspecified atom stereocenters. The first-order chi connectivity index (χ1) is 24.3. The number of unbranched alkanes of at least 4 members (excludes halogenated alkanes) is 1. The van der Waals surface area contributed by atoms with Crippen molar-refractivity contribution in [2.75, 3.05) is 50.0 Å². The third-order valence-corrected chi connectivity index (χ3v) is 8.89. The first-order valence-corrected chi connectivity index (χ1v) is 17.1. The molecule has 0 aliphatic carbocycles. The topological polar surface area (TPSA) is 173 Å². The minimum absolute atomic E-state index is 0.0348. The number of amides is 3. The number of nitrogens with one attached hydrogen (secondary N) is 2. The van der Waals surface area contributed by atoms with Crippen LogP contribution in [0.4, 0.5) is 20.7 Å². The molecular weight excluding hydrogens is 643 g/mol. The minimum atomic E-state index is -1.08. The Morgan fingerprint density at radius 3 is 2.72 bits per heavy atom. The van der Waals surface area contributed by atoms with Crippen LogP contribution in [0.25, 0.3) is 10.4 Å². The van der Waals surface area contributed by atoms with Crippen molar-refractivity contribution in [3.63, 3.8) is 0 Å². The second-order valence-corrected chi connectivity index (χ2v) is 12.5. The molecule has 13 nitrogen and oxygen atoms in total. The number of pyridine rings is 1. The standard InChI is InChI=1S/C36H43FN8O5/c37-30-23-27(11-15-32(30)50-22-16-25-8-12-29(13-9-25)41-33(46)7-1-2-18-40-43-38)31(24-34(47)48)45-21-20-44(36(45)49)19-4-6-28-14-10-26-5-3-17-39-35(26)42-28/h8-15,23,31H,1-7,16-22,24H2,(H,39,42)(H,41,46)(H,47,48)/t31-/m0/s1. The zero-order chi connectivity index (χ0) is 35.3. The molecular formula is C36H43FN8O5. The predicted molar refractivity (Wildman–Crippen MR) is 187 cm³/mol. The van der Waals surface area contributed by atoms with Crippen LogP contribution in [0, 0.1) is 5.82 Å². The number of aliphatic carboxylic acids is 1. The van der Waals surface area contributed by atoms with E-state index in [1.807, 2.05) is 18.2 Å². The fourth-order valence-corrected chi connectivity index (χ4v) is 6.24. The molecule has 2 aliphatic rings. The molecule has 0 radical (unpaired) electrons. The minimum Gasteiger partial charge on any atom is -0.490 e. The van der Waals surface area contributed by atoms with Gasteiger partial charge in [0.1, 0.15) is 5.82 Å². The summed E-state index contributed by atoms with van der Waals surface area (Å²) < 4.78 is 20.9. The largest absolute Gasteiger partial charge is 0.490 e. The van der Waals surface area contributed by atoms with Crippen molar-refractivity contribution in [3.05, 3.63) is 93.2 Å². The summed E-state index contributed by atoms with van der Waals surface area (Å²) in [5, 5.41) is 19.3. The lowest BCUT2D eigenvalue weighted by molar-refractivity contribution is -0.138. The van der Waals surface area contributed by atoms with Gasteiger partial charge in [0.05, 0.1) is 19.1 Å². The van der Waals surface area contributed by atoms with Gasteiger partial charge in [0, 0.05) is 61.9 Å². The highest BCUT2D eigenvalue weighted by Gasteiger charge is 2.35. The van der Waals surface area contributed by atoms with Crippen LogP contribution in [0.2, 0.25) is 0 Å². The molecule has 0 spiro atoms. The monoisotopic (exact) mass is 686 g/mol. The van der Waals surface area contributed by atoms with Crippen molar-refractivity contribution in [2.24, 2.45) is 5.11 Å². The van der Waals surface area contributed by atoms with Crippen molar-refractivity contribution in [3.8, 4) is 5.75 Å². The van der Waals surface area contributed by atoms with Gasteiger partial charge in [-0.3, -0.25) is 9.59 Å². The number of urea groups is 1. The highest BCUT2D eigenvalue weighted by Crippen LogP contribution is 2.31. The van der Waals surface area contributed by atoms with E-state index in [2.05, 4.69) is 26.7 Å². The van der Waals surface area contributed by atoms with Crippen molar-refractivity contribution in [2.45, 2.75) is 63.8 Å². The molecule has 2 aliphatic heterocycles. The maximum atomic E-state index is 15.2. The number of hydrogen-bond acceptors (Lipinski definition) is 7. The highest BCUT2D eigenvalue weighted by molar-refractivity contribution is 5.90. The normalized spacial score (nSPS) is 14.4. The molecule has 1 fully saturated rings. The number of rotatable bonds is 18. The van der Waals surface area contributed by atoms with Crippen LogP contribution in [0.3, 0.4) is 0 Å². The smallest absolute Gasteiger partial charge is 0.320 e. The Bertz CT molecular complexity index is 1700. The Kier molecular flexibility index (Phi) is 12.8. The van der Waals surface area contributed by atoms with Gasteiger partial charge in [0.2, 0.25) is 5.91 Å². The first kappa shape index (κ1) is 35.9. The van der Waals surface area contributed by atoms with Crippen LogP contribution in [-0.2, 0) is 28.9 Å². The molecule has 3 heterocycles. The average molecular weight is 687 g/mol. The molecule has 1 aromatic heterocycles. The van der Waals surface area contributed by atoms with Gasteiger partial charge in [-0.1, -0.05) is 29.4 Å². The van der Waals surface area contributed by atoms with E-state index in [0.29, 0.717) is 63.1 Å². The SMILES string of the molecule is [N-]=[N+]=NCCCCC(=O)Nc1ccc(CCOc2ccc([C@H](CC(=O)O)N3CCN(CCCc4ccc5c(n4)NCCC5)C3=O)cc2F)cc1. The van der Waals surface area contributed by atoms with E-state index in [0.717, 1.165) is 49.3 Å². The Balaban J connectivity index is 1.10. The Labute approximate surface area is 290 Å². The number of carbonyl (C=O) groups is 3. The zero-order valence-electron chi connectivity index (χ0n) is 28.0. The number of carboxylic acids is 1. The number of halogens is 1. The second-order valence-electron chi connectivity index (χ2n) is 12.5. The number of fused-ring (bicyclic) bond motifs is 1. The summed E-state index contributed by atoms with van der Waals surface area (Å²) in [6, 6.07) is 14.7. The summed E-state index contributed by atoms with van der Waals surface area (Å²) in [6.07, 6.45) is 5.31. The van der Waals surface area contributed by atoms with Crippen LogP contribution < -0.4 is 15.4 Å². The number of azide groups is 1. The predicted octanol–water partition coefficient (Wildman–Crippen LogP) is 6.51. The summed E-state index contributed by atoms with van der Waals surface area (Å²) in [5.74, 6) is -0.856. The Hall–Kier alpha value is -5.36. The van der Waals surface area contributed by atoms with Crippen LogP contribution >= 0.6 is 0 Å². The van der Waals surface area contributed by atoms with Gasteiger partial charge in [0.25, 0.3) is 0 Å². The molecule has 1 saturated heterocycles. The summed E-state index contributed by atoms with van der Waals surface area (Å²) in [6.45, 7) is 2.81. The molecule has 0 bridgehead atoms. The van der Waals surface area contributed by atoms with E-state index in [1.165, 1.54) is 22.6 Å². The molecule has 3 N–H and O–H groups in total. The molecule has 1 atom stereocenters. The first-order valence-electron chi connectivity index (χ1n) is 17.1. The lowest BCUT2D eigenvalue weighted by Gasteiger charge is -2.27. The van der Waals surface area contributed by atoms with Gasteiger partial charge in [-0.15, -0.1) is 0 Å². The van der Waals surface area contributed by atoms with Crippen molar-refractivity contribution >= 4 is 29.4 Å². The molecule has 14 heteroatoms. The van der Waals surface area contributed by atoms with Crippen LogP contribution in [-0.4, -0.2) is 77.1 Å². The number of anilines is 2. The maximum absolute atomic E-state index is 15.2. The molecule has 2 aromatic carbocycles. The molecule has 50 heavy (non-hydrogen) atoms. The average Bonchev–Trinajstić information content (AvgIpc) is 3.47. The van der Waals surface area contributed by atoms with E-state index in [4.69, 9.17) is 15.3 Å². The number of benzene rings is 2. The number of carbonyl (C=O) groups excluding carboxylic acids is 2. The summed E-state index contributed by atoms with van der Waals surface area (Å²) in [5.41, 5.74) is 12.5. The van der Waals surface area contributed by atoms with Crippen molar-refractivity contribution in [1.82, 2.24) is 14.8 Å². The fraction of sp³-hybridized carbons (Fsp3) is 0.444. The molecule has 0 saturated carbocycles. The third kappa shape index (κ3) is 10.1. The Morgan fingerprint density at radius 1 is 1.10 bits per heavy atom. The zero-order valence-corrected chi connectivity index (χ0v) is 28.0. The fourth-order valence-electron chi connectivity index (χ4n) is 6.24. The second kappa shape index (κ2) is 17.9. The number of aromatic nitrogens is 1. The molecule has 264 valence electrons. The van der Waals surface area contributed by atoms with Crippen molar-refractivity contribution in [1.29, 1.82) is 0 Å². The van der Waals surface area contributed by atoms with Gasteiger partial charge in [-0.05, 0) is 91.1 Å². The van der Waals surface area contributed by atoms with E-state index in [-0.39, 0.29) is 30.7 Å². The van der Waals surface area contributed by atoms with E-state index < -0.39 is 17.8 Å². The molecule has 3 amide bonds. The Morgan fingerprint density at radius 2 is 1.94 bits per heavy atom. The maximum Gasteiger partial charge on any atom is 0.320 e. The number of carboxylic acid groups (broad SMARTS) is 1. The van der Waals surface area contributed by atoms with E-state index >= 15 is 4.39 Å². The van der Waals surface area contributed by atoms with Gasteiger partial charge < -0.3 is 30.3 Å². The number of nitrogens with zero attached hydrogens (tertiary/aromatic N) is 6. The number of aryl methyl sites for hydroxylation is 2. The highest BCUT2D eigenvalue weighted by atomic mass is 19.1. The molecule has 3 aromatic rings. The third-order valence-electron chi connectivity index (χ3n) is 8.89. The van der Waals surface area contributed by atoms with Gasteiger partial charge >= 0.3 is 12.0 Å². The van der Waals surface area contributed by atoms with Crippen molar-refractivity contribution < 1.29 is 28.6 Å². The van der Waals surface area contributed by atoms with Crippen LogP contribution in [0.1, 0.15) is 67.0 Å². The van der Waals surface area contributed by atoms with E-state index in [9.17, 15) is 19.5 Å². The lowest BCUT2D eigenvalue weighted by atomic mass is 10.0.